The van der Waals surface area contributed by atoms with Gasteiger partial charge in [-0.15, -0.1) is 0 Å². The highest BCUT2D eigenvalue weighted by atomic mass is 32.1. The Bertz CT molecular complexity index is 298. The first kappa shape index (κ1) is 6.61. The van der Waals surface area contributed by atoms with Crippen LogP contribution in [0.2, 0.25) is 0 Å². The number of cyclic esters (lactones) is 1. The average molecular weight is 166 g/mol. The predicted octanol–water partition coefficient (Wildman–Crippen LogP) is 1.69. The molecule has 1 aromatic heterocycles. The van der Waals surface area contributed by atoms with Crippen molar-refractivity contribution < 1.29 is 9.53 Å². The van der Waals surface area contributed by atoms with E-state index >= 15 is 0 Å². The molecular weight excluding hydrogens is 160 g/mol. The number of carbonyl (C=O) groups is 1. The van der Waals surface area contributed by atoms with E-state index in [4.69, 9.17) is 4.74 Å². The van der Waals surface area contributed by atoms with Gasteiger partial charge in [-0.2, -0.15) is 11.3 Å². The van der Waals surface area contributed by atoms with E-state index in [1.165, 1.54) is 0 Å². The SMILES string of the molecule is O=C1C=C(c2ccsc2)CO1. The minimum Gasteiger partial charge on any atom is -0.458 e. The summed E-state index contributed by atoms with van der Waals surface area (Å²) in [5, 5.41) is 3.99. The van der Waals surface area contributed by atoms with Crippen molar-refractivity contribution in [2.75, 3.05) is 6.61 Å². The van der Waals surface area contributed by atoms with Crippen LogP contribution in [-0.4, -0.2) is 12.6 Å². The molecule has 1 aliphatic heterocycles. The van der Waals surface area contributed by atoms with Gasteiger partial charge >= 0.3 is 5.97 Å². The fourth-order valence-electron chi connectivity index (χ4n) is 0.988. The zero-order valence-corrected chi connectivity index (χ0v) is 6.56. The number of carbonyl (C=O) groups excluding carboxylic acids is 1. The molecule has 2 nitrogen and oxygen atoms in total. The van der Waals surface area contributed by atoms with Crippen molar-refractivity contribution in [2.24, 2.45) is 0 Å². The number of rotatable bonds is 1. The van der Waals surface area contributed by atoms with Gasteiger partial charge in [-0.05, 0) is 22.4 Å². The Balaban J connectivity index is 2.31. The fraction of sp³-hybridized carbons (Fsp3) is 0.125. The van der Waals surface area contributed by atoms with Crippen LogP contribution in [0.5, 0.6) is 0 Å². The molecular formula is C8H6O2S. The van der Waals surface area contributed by atoms with Crippen LogP contribution in [0.25, 0.3) is 5.57 Å². The highest BCUT2D eigenvalue weighted by Crippen LogP contribution is 2.21. The van der Waals surface area contributed by atoms with Crippen LogP contribution in [0.1, 0.15) is 5.56 Å². The van der Waals surface area contributed by atoms with Crippen molar-refractivity contribution in [3.8, 4) is 0 Å². The van der Waals surface area contributed by atoms with Gasteiger partial charge in [0, 0.05) is 11.6 Å². The smallest absolute Gasteiger partial charge is 0.331 e. The average Bonchev–Trinajstić information content (AvgIpc) is 2.55. The molecule has 3 heteroatoms. The van der Waals surface area contributed by atoms with Crippen LogP contribution in [0.4, 0.5) is 0 Å². The van der Waals surface area contributed by atoms with E-state index in [-0.39, 0.29) is 5.97 Å². The molecule has 1 aliphatic rings. The fourth-order valence-corrected chi connectivity index (χ4v) is 1.67. The van der Waals surface area contributed by atoms with E-state index in [0.29, 0.717) is 6.61 Å². The standard InChI is InChI=1S/C8H6O2S/c9-8-3-7(4-10-8)6-1-2-11-5-6/h1-3,5H,4H2. The Hall–Kier alpha value is -1.09. The van der Waals surface area contributed by atoms with Crippen molar-refractivity contribution in [3.05, 3.63) is 28.5 Å². The van der Waals surface area contributed by atoms with Gasteiger partial charge in [-0.1, -0.05) is 0 Å². The van der Waals surface area contributed by atoms with Gasteiger partial charge in [-0.25, -0.2) is 4.79 Å². The molecule has 11 heavy (non-hydrogen) atoms. The topological polar surface area (TPSA) is 26.3 Å². The van der Waals surface area contributed by atoms with Crippen molar-refractivity contribution in [1.29, 1.82) is 0 Å². The monoisotopic (exact) mass is 166 g/mol. The molecule has 0 radical (unpaired) electrons. The summed E-state index contributed by atoms with van der Waals surface area (Å²) in [5.74, 6) is -0.230. The Labute approximate surface area is 68.1 Å². The summed E-state index contributed by atoms with van der Waals surface area (Å²) >= 11 is 1.62. The molecule has 0 bridgehead atoms. The molecule has 0 unspecified atom stereocenters. The van der Waals surface area contributed by atoms with Gasteiger partial charge in [-0.3, -0.25) is 0 Å². The second-order valence-corrected chi connectivity index (χ2v) is 3.07. The summed E-state index contributed by atoms with van der Waals surface area (Å²) in [6.45, 7) is 0.426. The van der Waals surface area contributed by atoms with E-state index in [2.05, 4.69) is 0 Å². The van der Waals surface area contributed by atoms with Gasteiger partial charge < -0.3 is 4.74 Å². The van der Waals surface area contributed by atoms with Crippen LogP contribution in [0.15, 0.2) is 22.9 Å². The number of hydrogen-bond donors (Lipinski definition) is 0. The summed E-state index contributed by atoms with van der Waals surface area (Å²) in [7, 11) is 0. The lowest BCUT2D eigenvalue weighted by Crippen LogP contribution is -1.90. The molecule has 0 saturated carbocycles. The molecule has 0 atom stereocenters. The highest BCUT2D eigenvalue weighted by molar-refractivity contribution is 7.08. The van der Waals surface area contributed by atoms with E-state index in [1.54, 1.807) is 17.4 Å². The molecule has 0 aliphatic carbocycles. The van der Waals surface area contributed by atoms with Crippen molar-refractivity contribution in [1.82, 2.24) is 0 Å². The maximum absolute atomic E-state index is 10.7. The minimum absolute atomic E-state index is 0.230. The van der Waals surface area contributed by atoms with Crippen LogP contribution in [0, 0.1) is 0 Å². The van der Waals surface area contributed by atoms with Crippen molar-refractivity contribution in [2.45, 2.75) is 0 Å². The minimum atomic E-state index is -0.230. The third-order valence-corrected chi connectivity index (χ3v) is 2.24. The first-order chi connectivity index (χ1) is 5.36. The van der Waals surface area contributed by atoms with E-state index < -0.39 is 0 Å². The first-order valence-electron chi connectivity index (χ1n) is 3.26. The lowest BCUT2D eigenvalue weighted by Gasteiger charge is -1.93. The summed E-state index contributed by atoms with van der Waals surface area (Å²) < 4.78 is 4.76. The summed E-state index contributed by atoms with van der Waals surface area (Å²) in [6.07, 6.45) is 1.54. The normalized spacial score (nSPS) is 16.4. The molecule has 2 heterocycles. The molecule has 0 spiro atoms. The van der Waals surface area contributed by atoms with Gasteiger partial charge in [0.15, 0.2) is 0 Å². The van der Waals surface area contributed by atoms with Crippen LogP contribution < -0.4 is 0 Å². The molecule has 2 rings (SSSR count). The molecule has 0 N–H and O–H groups in total. The van der Waals surface area contributed by atoms with Gasteiger partial charge in [0.1, 0.15) is 6.61 Å². The number of thiophene rings is 1. The van der Waals surface area contributed by atoms with Gasteiger partial charge in [0.2, 0.25) is 0 Å². The largest absolute Gasteiger partial charge is 0.458 e. The van der Waals surface area contributed by atoms with E-state index in [0.717, 1.165) is 11.1 Å². The lowest BCUT2D eigenvalue weighted by molar-refractivity contribution is -0.134. The second-order valence-electron chi connectivity index (χ2n) is 2.29. The summed E-state index contributed by atoms with van der Waals surface area (Å²) in [5.41, 5.74) is 2.08. The zero-order chi connectivity index (χ0) is 7.68. The third kappa shape index (κ3) is 1.19. The van der Waals surface area contributed by atoms with Crippen molar-refractivity contribution in [3.63, 3.8) is 0 Å². The predicted molar refractivity (Wildman–Crippen MR) is 43.3 cm³/mol. The maximum atomic E-state index is 10.7. The third-order valence-electron chi connectivity index (χ3n) is 1.55. The lowest BCUT2D eigenvalue weighted by atomic mass is 10.1. The molecule has 56 valence electrons. The maximum Gasteiger partial charge on any atom is 0.331 e. The number of ether oxygens (including phenoxy) is 1. The van der Waals surface area contributed by atoms with Gasteiger partial charge in [0.05, 0.1) is 0 Å². The Morgan fingerprint density at radius 1 is 1.55 bits per heavy atom. The van der Waals surface area contributed by atoms with Crippen LogP contribution in [0.3, 0.4) is 0 Å². The molecule has 0 saturated heterocycles. The van der Waals surface area contributed by atoms with Crippen LogP contribution in [-0.2, 0) is 9.53 Å². The Kier molecular flexibility index (Phi) is 1.51. The second kappa shape index (κ2) is 2.51. The molecule has 0 amide bonds. The molecule has 0 aromatic carbocycles. The number of hydrogen-bond acceptors (Lipinski definition) is 3. The van der Waals surface area contributed by atoms with E-state index in [9.17, 15) is 4.79 Å². The molecule has 1 aromatic rings. The van der Waals surface area contributed by atoms with E-state index in [1.807, 2.05) is 16.8 Å². The first-order valence-corrected chi connectivity index (χ1v) is 4.20. The number of esters is 1. The quantitative estimate of drug-likeness (QED) is 0.593. The Morgan fingerprint density at radius 2 is 2.45 bits per heavy atom. The Morgan fingerprint density at radius 3 is 3.00 bits per heavy atom. The summed E-state index contributed by atoms with van der Waals surface area (Å²) in [6, 6.07) is 1.98. The van der Waals surface area contributed by atoms with Gasteiger partial charge in [0.25, 0.3) is 0 Å². The highest BCUT2D eigenvalue weighted by Gasteiger charge is 2.13. The van der Waals surface area contributed by atoms with Crippen LogP contribution >= 0.6 is 11.3 Å². The van der Waals surface area contributed by atoms with Crippen molar-refractivity contribution >= 4 is 22.9 Å². The summed E-state index contributed by atoms with van der Waals surface area (Å²) in [4.78, 5) is 10.7. The molecule has 0 fully saturated rings. The zero-order valence-electron chi connectivity index (χ0n) is 5.74.